The summed E-state index contributed by atoms with van der Waals surface area (Å²) in [5.41, 5.74) is 1.69. The van der Waals surface area contributed by atoms with Crippen molar-refractivity contribution in [1.29, 1.82) is 0 Å². The highest BCUT2D eigenvalue weighted by Gasteiger charge is 2.13. The van der Waals surface area contributed by atoms with Crippen molar-refractivity contribution in [1.82, 2.24) is 15.3 Å². The summed E-state index contributed by atoms with van der Waals surface area (Å²) in [5.74, 6) is 0.0167. The Morgan fingerprint density at radius 2 is 1.88 bits per heavy atom. The van der Waals surface area contributed by atoms with Crippen LogP contribution >= 0.6 is 0 Å². The zero-order valence-electron chi connectivity index (χ0n) is 13.6. The van der Waals surface area contributed by atoms with E-state index in [9.17, 15) is 14.9 Å². The first-order valence-corrected chi connectivity index (χ1v) is 7.77. The summed E-state index contributed by atoms with van der Waals surface area (Å²) < 4.78 is 0. The molecule has 130 valence electrons. The molecule has 0 spiro atoms. The van der Waals surface area contributed by atoms with E-state index < -0.39 is 4.92 Å². The Hall–Kier alpha value is -3.81. The molecule has 0 bridgehead atoms. The molecule has 0 unspecified atom stereocenters. The number of carbonyl (C=O) groups is 1. The molecule has 1 amide bonds. The maximum absolute atomic E-state index is 12.5. The van der Waals surface area contributed by atoms with Crippen molar-refractivity contribution in [3.05, 3.63) is 88.4 Å². The summed E-state index contributed by atoms with van der Waals surface area (Å²) in [6.07, 6.45) is 4.85. The third kappa shape index (κ3) is 4.18. The standard InChI is InChI=1S/C18H15N5O3/c24-18(21-12-13-6-9-19-10-7-13)16-5-2-8-20-17(16)22-14-3-1-4-15(11-14)23(25)26/h1-11H,12H2,(H,20,22)(H,21,24). The number of pyridine rings is 2. The molecule has 0 fully saturated rings. The lowest BCUT2D eigenvalue weighted by Crippen LogP contribution is -2.24. The molecule has 0 radical (unpaired) electrons. The Kier molecular flexibility index (Phi) is 5.14. The van der Waals surface area contributed by atoms with Gasteiger partial charge in [0.2, 0.25) is 0 Å². The number of non-ortho nitro benzene ring substituents is 1. The molecule has 0 aliphatic carbocycles. The number of hydrogen-bond donors (Lipinski definition) is 2. The van der Waals surface area contributed by atoms with Crippen LogP contribution in [0.2, 0.25) is 0 Å². The molecule has 3 rings (SSSR count). The van der Waals surface area contributed by atoms with Crippen LogP contribution in [0, 0.1) is 10.1 Å². The van der Waals surface area contributed by atoms with Gasteiger partial charge in [0.1, 0.15) is 5.82 Å². The number of aromatic nitrogens is 2. The summed E-state index contributed by atoms with van der Waals surface area (Å²) in [7, 11) is 0. The Balaban J connectivity index is 1.76. The predicted octanol–water partition coefficient (Wildman–Crippen LogP) is 3.06. The summed E-state index contributed by atoms with van der Waals surface area (Å²) in [5, 5.41) is 16.7. The first-order chi connectivity index (χ1) is 12.6. The lowest BCUT2D eigenvalue weighted by Gasteiger charge is -2.11. The van der Waals surface area contributed by atoms with Crippen molar-refractivity contribution in [3.63, 3.8) is 0 Å². The number of nitrogens with zero attached hydrogens (tertiary/aromatic N) is 3. The number of nitro groups is 1. The molecular formula is C18H15N5O3. The van der Waals surface area contributed by atoms with Crippen LogP contribution in [-0.4, -0.2) is 20.8 Å². The van der Waals surface area contributed by atoms with E-state index in [1.165, 1.54) is 12.1 Å². The average Bonchev–Trinajstić information content (AvgIpc) is 2.67. The Morgan fingerprint density at radius 3 is 2.65 bits per heavy atom. The molecule has 3 aromatic rings. The van der Waals surface area contributed by atoms with E-state index in [0.717, 1.165) is 5.56 Å². The molecule has 2 aromatic heterocycles. The molecule has 0 aliphatic rings. The Morgan fingerprint density at radius 1 is 1.08 bits per heavy atom. The summed E-state index contributed by atoms with van der Waals surface area (Å²) in [6, 6.07) is 12.9. The van der Waals surface area contributed by atoms with E-state index in [-0.39, 0.29) is 11.6 Å². The van der Waals surface area contributed by atoms with Crippen molar-refractivity contribution >= 4 is 23.1 Å². The van der Waals surface area contributed by atoms with Crippen molar-refractivity contribution < 1.29 is 9.72 Å². The van der Waals surface area contributed by atoms with Gasteiger partial charge in [0.15, 0.2) is 0 Å². The van der Waals surface area contributed by atoms with Crippen LogP contribution in [0.15, 0.2) is 67.1 Å². The summed E-state index contributed by atoms with van der Waals surface area (Å²) >= 11 is 0. The predicted molar refractivity (Wildman–Crippen MR) is 96.0 cm³/mol. The third-order valence-electron chi connectivity index (χ3n) is 3.57. The zero-order chi connectivity index (χ0) is 18.4. The number of amides is 1. The van der Waals surface area contributed by atoms with Crippen LogP contribution in [0.25, 0.3) is 0 Å². The molecule has 8 nitrogen and oxygen atoms in total. The van der Waals surface area contributed by atoms with Gasteiger partial charge in [-0.05, 0) is 35.9 Å². The van der Waals surface area contributed by atoms with Gasteiger partial charge in [0.05, 0.1) is 10.5 Å². The monoisotopic (exact) mass is 349 g/mol. The second-order valence-corrected chi connectivity index (χ2v) is 5.37. The minimum absolute atomic E-state index is 0.0466. The fraction of sp³-hybridized carbons (Fsp3) is 0.0556. The molecule has 8 heteroatoms. The lowest BCUT2D eigenvalue weighted by atomic mass is 10.2. The smallest absolute Gasteiger partial charge is 0.271 e. The van der Waals surface area contributed by atoms with Gasteiger partial charge >= 0.3 is 0 Å². The van der Waals surface area contributed by atoms with Crippen molar-refractivity contribution in [2.45, 2.75) is 6.54 Å². The molecule has 2 heterocycles. The second kappa shape index (κ2) is 7.84. The summed E-state index contributed by atoms with van der Waals surface area (Å²) in [4.78, 5) is 31.0. The van der Waals surface area contributed by atoms with E-state index in [2.05, 4.69) is 20.6 Å². The van der Waals surface area contributed by atoms with E-state index >= 15 is 0 Å². The molecule has 0 saturated carbocycles. The van der Waals surface area contributed by atoms with Gasteiger partial charge < -0.3 is 10.6 Å². The topological polar surface area (TPSA) is 110 Å². The average molecular weight is 349 g/mol. The van der Waals surface area contributed by atoms with Crippen LogP contribution in [0.3, 0.4) is 0 Å². The maximum atomic E-state index is 12.5. The van der Waals surface area contributed by atoms with E-state index in [1.807, 2.05) is 12.1 Å². The third-order valence-corrected chi connectivity index (χ3v) is 3.57. The first kappa shape index (κ1) is 17.0. The van der Waals surface area contributed by atoms with Gasteiger partial charge in [0.25, 0.3) is 11.6 Å². The van der Waals surface area contributed by atoms with E-state index in [0.29, 0.717) is 23.6 Å². The van der Waals surface area contributed by atoms with Crippen molar-refractivity contribution in [2.24, 2.45) is 0 Å². The SMILES string of the molecule is O=C(NCc1ccncc1)c1cccnc1Nc1cccc([N+](=O)[O-])c1. The highest BCUT2D eigenvalue weighted by molar-refractivity contribution is 5.99. The van der Waals surface area contributed by atoms with Crippen LogP contribution in [0.4, 0.5) is 17.2 Å². The fourth-order valence-corrected chi connectivity index (χ4v) is 2.30. The number of carbonyl (C=O) groups excluding carboxylic acids is 1. The summed E-state index contributed by atoms with van der Waals surface area (Å²) in [6.45, 7) is 0.354. The Bertz CT molecular complexity index is 931. The van der Waals surface area contributed by atoms with Gasteiger partial charge in [-0.15, -0.1) is 0 Å². The van der Waals surface area contributed by atoms with Crippen LogP contribution in [-0.2, 0) is 6.54 Å². The number of anilines is 2. The number of nitro benzene ring substituents is 1. The number of hydrogen-bond acceptors (Lipinski definition) is 6. The number of rotatable bonds is 6. The number of benzene rings is 1. The van der Waals surface area contributed by atoms with Gasteiger partial charge in [-0.2, -0.15) is 0 Å². The normalized spacial score (nSPS) is 10.2. The van der Waals surface area contributed by atoms with Gasteiger partial charge in [0, 0.05) is 43.0 Å². The molecule has 1 aromatic carbocycles. The second-order valence-electron chi connectivity index (χ2n) is 5.37. The minimum Gasteiger partial charge on any atom is -0.348 e. The molecular weight excluding hydrogens is 334 g/mol. The molecule has 26 heavy (non-hydrogen) atoms. The molecule has 0 saturated heterocycles. The molecule has 0 aliphatic heterocycles. The quantitative estimate of drug-likeness (QED) is 0.523. The highest BCUT2D eigenvalue weighted by atomic mass is 16.6. The number of nitrogens with one attached hydrogen (secondary N) is 2. The molecule has 0 atom stereocenters. The van der Waals surface area contributed by atoms with Crippen molar-refractivity contribution in [3.8, 4) is 0 Å². The first-order valence-electron chi connectivity index (χ1n) is 7.77. The van der Waals surface area contributed by atoms with Crippen molar-refractivity contribution in [2.75, 3.05) is 5.32 Å². The molecule has 2 N–H and O–H groups in total. The van der Waals surface area contributed by atoms with Gasteiger partial charge in [-0.25, -0.2) is 4.98 Å². The van der Waals surface area contributed by atoms with Gasteiger partial charge in [-0.3, -0.25) is 19.9 Å². The fourth-order valence-electron chi connectivity index (χ4n) is 2.30. The van der Waals surface area contributed by atoms with Gasteiger partial charge in [-0.1, -0.05) is 6.07 Å². The van der Waals surface area contributed by atoms with Crippen LogP contribution in [0.5, 0.6) is 0 Å². The van der Waals surface area contributed by atoms with Crippen LogP contribution < -0.4 is 10.6 Å². The zero-order valence-corrected chi connectivity index (χ0v) is 13.6. The van der Waals surface area contributed by atoms with E-state index in [4.69, 9.17) is 0 Å². The Labute approximate surface area is 149 Å². The largest absolute Gasteiger partial charge is 0.348 e. The van der Waals surface area contributed by atoms with E-state index in [1.54, 1.807) is 42.9 Å². The van der Waals surface area contributed by atoms with Crippen LogP contribution in [0.1, 0.15) is 15.9 Å². The lowest BCUT2D eigenvalue weighted by molar-refractivity contribution is -0.384. The minimum atomic E-state index is -0.480. The highest BCUT2D eigenvalue weighted by Crippen LogP contribution is 2.22. The maximum Gasteiger partial charge on any atom is 0.271 e.